The third-order valence-electron chi connectivity index (χ3n) is 5.90. The van der Waals surface area contributed by atoms with E-state index in [1.807, 2.05) is 30.4 Å². The molecule has 6 rings (SSSR count). The molecule has 0 radical (unpaired) electrons. The van der Waals surface area contributed by atoms with Crippen molar-refractivity contribution in [2.75, 3.05) is 11.9 Å². The molecule has 5 heterocycles. The minimum Gasteiger partial charge on any atom is -0.493 e. The molecule has 0 fully saturated rings. The smallest absolute Gasteiger partial charge is 0.210 e. The summed E-state index contributed by atoms with van der Waals surface area (Å²) < 4.78 is 23.8. The highest BCUT2D eigenvalue weighted by molar-refractivity contribution is 5.86. The third kappa shape index (κ3) is 2.72. The maximum Gasteiger partial charge on any atom is 0.210 e. The highest BCUT2D eigenvalue weighted by atomic mass is 19.1. The Balaban J connectivity index is 1.41. The largest absolute Gasteiger partial charge is 0.493 e. The number of fused-ring (bicyclic) bond motifs is 3. The molecular weight excluding hydrogens is 411 g/mol. The van der Waals surface area contributed by atoms with Gasteiger partial charge in [-0.15, -0.1) is 20.4 Å². The fourth-order valence-electron chi connectivity index (χ4n) is 4.34. The van der Waals surface area contributed by atoms with Crippen molar-refractivity contribution in [1.82, 2.24) is 34.2 Å². The number of aryl methyl sites for hydroxylation is 2. The standard InChI is InChI=1S/C22H19FN8O/c1-12-3-4-15(21-29-27-13(2)31(12)21)17-10-25-22(30-11-26-28-20(17)30)24-9-16-14-7-8-32-19(14)6-5-18(16)23/h3-6,10-11H,7-9H2,1-2H3,(H,24,25). The Morgan fingerprint density at radius 3 is 2.88 bits per heavy atom. The molecule has 10 heteroatoms. The number of aromatic nitrogens is 7. The van der Waals surface area contributed by atoms with Gasteiger partial charge in [-0.25, -0.2) is 9.37 Å². The summed E-state index contributed by atoms with van der Waals surface area (Å²) in [6, 6.07) is 7.12. The number of pyridine rings is 1. The van der Waals surface area contributed by atoms with Crippen LogP contribution in [0.25, 0.3) is 22.4 Å². The van der Waals surface area contributed by atoms with Crippen molar-refractivity contribution in [3.8, 4) is 16.9 Å². The van der Waals surface area contributed by atoms with Crippen LogP contribution in [-0.4, -0.2) is 40.8 Å². The normalized spacial score (nSPS) is 13.0. The lowest BCUT2D eigenvalue weighted by atomic mass is 10.0. The van der Waals surface area contributed by atoms with Crippen molar-refractivity contribution < 1.29 is 9.13 Å². The summed E-state index contributed by atoms with van der Waals surface area (Å²) in [4.78, 5) is 4.59. The number of rotatable bonds is 4. The van der Waals surface area contributed by atoms with E-state index in [1.165, 1.54) is 6.07 Å². The summed E-state index contributed by atoms with van der Waals surface area (Å²) in [5.74, 6) is 1.81. The van der Waals surface area contributed by atoms with Gasteiger partial charge >= 0.3 is 0 Å². The summed E-state index contributed by atoms with van der Waals surface area (Å²) in [5.41, 5.74) is 5.52. The van der Waals surface area contributed by atoms with Gasteiger partial charge in [0.1, 0.15) is 23.7 Å². The van der Waals surface area contributed by atoms with Crippen LogP contribution in [-0.2, 0) is 13.0 Å². The van der Waals surface area contributed by atoms with E-state index in [1.54, 1.807) is 23.0 Å². The second-order valence-electron chi connectivity index (χ2n) is 7.77. The van der Waals surface area contributed by atoms with Crippen molar-refractivity contribution in [1.29, 1.82) is 0 Å². The number of nitrogens with one attached hydrogen (secondary N) is 1. The van der Waals surface area contributed by atoms with Crippen LogP contribution in [0.2, 0.25) is 0 Å². The minimum absolute atomic E-state index is 0.261. The molecule has 0 aliphatic carbocycles. The Labute approximate surface area is 181 Å². The van der Waals surface area contributed by atoms with Crippen molar-refractivity contribution in [2.24, 2.45) is 0 Å². The fraction of sp³-hybridized carbons (Fsp3) is 0.227. The molecule has 1 N–H and O–H groups in total. The zero-order valence-electron chi connectivity index (χ0n) is 17.5. The van der Waals surface area contributed by atoms with Gasteiger partial charge in [0.2, 0.25) is 5.95 Å². The van der Waals surface area contributed by atoms with E-state index in [-0.39, 0.29) is 12.4 Å². The van der Waals surface area contributed by atoms with Gasteiger partial charge < -0.3 is 10.1 Å². The Morgan fingerprint density at radius 2 is 1.97 bits per heavy atom. The van der Waals surface area contributed by atoms with E-state index in [2.05, 4.69) is 30.7 Å². The highest BCUT2D eigenvalue weighted by Gasteiger charge is 2.21. The Morgan fingerprint density at radius 1 is 1.06 bits per heavy atom. The molecular formula is C22H19FN8O. The van der Waals surface area contributed by atoms with Gasteiger partial charge in [-0.2, -0.15) is 0 Å². The van der Waals surface area contributed by atoms with Gasteiger partial charge in [0.05, 0.1) is 6.61 Å². The molecule has 0 saturated heterocycles. The topological polar surface area (TPSA) is 94.5 Å². The number of hydrogen-bond donors (Lipinski definition) is 1. The van der Waals surface area contributed by atoms with Crippen LogP contribution in [0.1, 0.15) is 22.6 Å². The summed E-state index contributed by atoms with van der Waals surface area (Å²) >= 11 is 0. The molecule has 0 bridgehead atoms. The SMILES string of the molecule is Cc1ccc(-c2cnc(NCc3c(F)ccc4c3CCO4)n3cnnc23)c2nnc(C)n12. The third-order valence-corrected chi connectivity index (χ3v) is 5.90. The van der Waals surface area contributed by atoms with E-state index in [0.717, 1.165) is 39.6 Å². The van der Waals surface area contributed by atoms with Gasteiger partial charge in [-0.1, -0.05) is 0 Å². The van der Waals surface area contributed by atoms with Crippen molar-refractivity contribution in [2.45, 2.75) is 26.8 Å². The molecule has 1 aliphatic rings. The van der Waals surface area contributed by atoms with Crippen LogP contribution in [0.5, 0.6) is 5.75 Å². The molecule has 0 spiro atoms. The molecule has 32 heavy (non-hydrogen) atoms. The first-order valence-corrected chi connectivity index (χ1v) is 10.3. The lowest BCUT2D eigenvalue weighted by Crippen LogP contribution is -2.10. The van der Waals surface area contributed by atoms with Crippen molar-refractivity contribution in [3.05, 3.63) is 65.3 Å². The van der Waals surface area contributed by atoms with Crippen molar-refractivity contribution >= 4 is 17.2 Å². The Hall–Kier alpha value is -4.08. The second kappa shape index (κ2) is 6.98. The molecule has 1 aromatic carbocycles. The van der Waals surface area contributed by atoms with E-state index in [4.69, 9.17) is 4.74 Å². The zero-order valence-corrected chi connectivity index (χ0v) is 17.5. The highest BCUT2D eigenvalue weighted by Crippen LogP contribution is 2.31. The molecule has 0 saturated carbocycles. The van der Waals surface area contributed by atoms with Gasteiger partial charge in [0.15, 0.2) is 11.3 Å². The van der Waals surface area contributed by atoms with Crippen LogP contribution in [0, 0.1) is 19.7 Å². The van der Waals surface area contributed by atoms with Gasteiger partial charge in [0, 0.05) is 47.1 Å². The summed E-state index contributed by atoms with van der Waals surface area (Å²) in [6.45, 7) is 4.77. The average molecular weight is 430 g/mol. The number of benzene rings is 1. The van der Waals surface area contributed by atoms with Crippen molar-refractivity contribution in [3.63, 3.8) is 0 Å². The molecule has 5 aromatic rings. The van der Waals surface area contributed by atoms with Gasteiger partial charge in [-0.3, -0.25) is 8.80 Å². The van der Waals surface area contributed by atoms with Crippen LogP contribution < -0.4 is 10.1 Å². The average Bonchev–Trinajstić information content (AvgIpc) is 3.53. The lowest BCUT2D eigenvalue weighted by molar-refractivity contribution is 0.356. The van der Waals surface area contributed by atoms with Gasteiger partial charge in [-0.05, 0) is 38.1 Å². The monoisotopic (exact) mass is 430 g/mol. The summed E-state index contributed by atoms with van der Waals surface area (Å²) in [6.07, 6.45) is 4.01. The quantitative estimate of drug-likeness (QED) is 0.468. The molecule has 0 unspecified atom stereocenters. The van der Waals surface area contributed by atoms with E-state index < -0.39 is 0 Å². The molecule has 0 amide bonds. The number of halogens is 1. The zero-order chi connectivity index (χ0) is 21.8. The van der Waals surface area contributed by atoms with E-state index >= 15 is 0 Å². The minimum atomic E-state index is -0.261. The van der Waals surface area contributed by atoms with Crippen LogP contribution >= 0.6 is 0 Å². The summed E-state index contributed by atoms with van der Waals surface area (Å²) in [5, 5.41) is 20.2. The predicted octanol–water partition coefficient (Wildman–Crippen LogP) is 3.14. The number of hydrogen-bond acceptors (Lipinski definition) is 7. The molecule has 4 aromatic heterocycles. The molecule has 160 valence electrons. The van der Waals surface area contributed by atoms with E-state index in [9.17, 15) is 4.39 Å². The second-order valence-corrected chi connectivity index (χ2v) is 7.77. The predicted molar refractivity (Wildman–Crippen MR) is 115 cm³/mol. The van der Waals surface area contributed by atoms with Gasteiger partial charge in [0.25, 0.3) is 0 Å². The van der Waals surface area contributed by atoms with E-state index in [0.29, 0.717) is 30.2 Å². The maximum atomic E-state index is 14.5. The Kier molecular flexibility index (Phi) is 4.07. The molecule has 1 aliphatic heterocycles. The van der Waals surface area contributed by atoms with Crippen LogP contribution in [0.3, 0.4) is 0 Å². The fourth-order valence-corrected chi connectivity index (χ4v) is 4.34. The van der Waals surface area contributed by atoms with Crippen LogP contribution in [0.4, 0.5) is 10.3 Å². The number of anilines is 1. The number of nitrogens with zero attached hydrogens (tertiary/aromatic N) is 7. The Bertz CT molecular complexity index is 1510. The van der Waals surface area contributed by atoms with Crippen LogP contribution in [0.15, 0.2) is 36.8 Å². The molecule has 9 nitrogen and oxygen atoms in total. The summed E-state index contributed by atoms with van der Waals surface area (Å²) in [7, 11) is 0. The first-order chi connectivity index (χ1) is 15.6. The molecule has 0 atom stereocenters. The first-order valence-electron chi connectivity index (χ1n) is 10.3. The number of ether oxygens (including phenoxy) is 1. The maximum absolute atomic E-state index is 14.5. The lowest BCUT2D eigenvalue weighted by Gasteiger charge is -2.13. The first kappa shape index (κ1) is 18.7.